The van der Waals surface area contributed by atoms with Crippen molar-refractivity contribution in [3.63, 3.8) is 0 Å². The Morgan fingerprint density at radius 3 is 2.33 bits per heavy atom. The second kappa shape index (κ2) is 7.93. The van der Waals surface area contributed by atoms with Crippen molar-refractivity contribution >= 4 is 17.5 Å². The molecule has 0 atom stereocenters. The van der Waals surface area contributed by atoms with Gasteiger partial charge in [0, 0.05) is 29.9 Å². The van der Waals surface area contributed by atoms with Gasteiger partial charge in [0.25, 0.3) is 0 Å². The zero-order valence-electron chi connectivity index (χ0n) is 14.1. The molecule has 3 rings (SSSR count). The third-order valence-electron chi connectivity index (χ3n) is 4.32. The van der Waals surface area contributed by atoms with Crippen LogP contribution in [0.5, 0.6) is 0 Å². The summed E-state index contributed by atoms with van der Waals surface area (Å²) in [5, 5.41) is 0. The van der Waals surface area contributed by atoms with Crippen LogP contribution < -0.4 is 4.90 Å². The van der Waals surface area contributed by atoms with Crippen LogP contribution in [0.25, 0.3) is 6.08 Å². The second-order valence-corrected chi connectivity index (χ2v) is 5.91. The number of Topliss-reactive ketones (excluding diaryl/α,β-unsaturated/α-hetero) is 1. The number of hydrogen-bond acceptors (Lipinski definition) is 3. The van der Waals surface area contributed by atoms with Gasteiger partial charge in [-0.05, 0) is 42.3 Å². The third kappa shape index (κ3) is 3.92. The highest BCUT2D eigenvalue weighted by Gasteiger charge is 2.14. The Balaban J connectivity index is 1.77. The van der Waals surface area contributed by atoms with Gasteiger partial charge in [-0.25, -0.2) is 0 Å². The molecule has 1 fully saturated rings. The molecule has 0 amide bonds. The van der Waals surface area contributed by atoms with Crippen LogP contribution in [-0.4, -0.2) is 32.1 Å². The lowest BCUT2D eigenvalue weighted by molar-refractivity contribution is 0.103. The van der Waals surface area contributed by atoms with Gasteiger partial charge in [-0.1, -0.05) is 37.3 Å². The molecule has 2 aromatic rings. The maximum atomic E-state index is 12.8. The highest BCUT2D eigenvalue weighted by Crippen LogP contribution is 2.20. The van der Waals surface area contributed by atoms with E-state index in [1.807, 2.05) is 67.6 Å². The van der Waals surface area contributed by atoms with Crippen molar-refractivity contribution < 1.29 is 9.53 Å². The standard InChI is InChI=1S/C21H23NO2/c1-2-18(16-17-6-4-3-5-7-17)21(23)19-8-10-20(11-9-19)22-12-14-24-15-13-22/h3-11,16H,2,12-15H2,1H3. The summed E-state index contributed by atoms with van der Waals surface area (Å²) in [6, 6.07) is 17.9. The molecule has 1 heterocycles. The zero-order valence-corrected chi connectivity index (χ0v) is 14.1. The Morgan fingerprint density at radius 2 is 1.71 bits per heavy atom. The van der Waals surface area contributed by atoms with Crippen LogP contribution in [0.2, 0.25) is 0 Å². The number of anilines is 1. The lowest BCUT2D eigenvalue weighted by atomic mass is 9.99. The first-order chi connectivity index (χ1) is 11.8. The molecule has 0 spiro atoms. The van der Waals surface area contributed by atoms with E-state index in [-0.39, 0.29) is 5.78 Å². The van der Waals surface area contributed by atoms with Gasteiger partial charge in [0.2, 0.25) is 0 Å². The number of benzene rings is 2. The summed E-state index contributed by atoms with van der Waals surface area (Å²) in [5.41, 5.74) is 3.80. The first-order valence-electron chi connectivity index (χ1n) is 8.51. The second-order valence-electron chi connectivity index (χ2n) is 5.91. The summed E-state index contributed by atoms with van der Waals surface area (Å²) in [5.74, 6) is 0.106. The number of ketones is 1. The first-order valence-corrected chi connectivity index (χ1v) is 8.51. The van der Waals surface area contributed by atoms with E-state index in [4.69, 9.17) is 4.74 Å². The fourth-order valence-corrected chi connectivity index (χ4v) is 2.91. The SMILES string of the molecule is CCC(=Cc1ccccc1)C(=O)c1ccc(N2CCOCC2)cc1. The third-order valence-corrected chi connectivity index (χ3v) is 4.32. The molecule has 3 heteroatoms. The number of ether oxygens (including phenoxy) is 1. The summed E-state index contributed by atoms with van der Waals surface area (Å²) in [4.78, 5) is 15.1. The number of carbonyl (C=O) groups excluding carboxylic acids is 1. The fourth-order valence-electron chi connectivity index (χ4n) is 2.91. The van der Waals surface area contributed by atoms with E-state index < -0.39 is 0 Å². The van der Waals surface area contributed by atoms with Gasteiger partial charge in [0.15, 0.2) is 5.78 Å². The molecule has 0 saturated carbocycles. The van der Waals surface area contributed by atoms with Crippen LogP contribution in [0.15, 0.2) is 60.2 Å². The maximum absolute atomic E-state index is 12.8. The molecule has 24 heavy (non-hydrogen) atoms. The molecule has 1 aliphatic rings. The maximum Gasteiger partial charge on any atom is 0.189 e. The van der Waals surface area contributed by atoms with Gasteiger partial charge < -0.3 is 9.64 Å². The molecule has 2 aromatic carbocycles. The quantitative estimate of drug-likeness (QED) is 0.610. The lowest BCUT2D eigenvalue weighted by Gasteiger charge is -2.28. The summed E-state index contributed by atoms with van der Waals surface area (Å²) in [6.07, 6.45) is 2.71. The molecule has 3 nitrogen and oxygen atoms in total. The van der Waals surface area contributed by atoms with Gasteiger partial charge >= 0.3 is 0 Å². The molecule has 124 valence electrons. The van der Waals surface area contributed by atoms with Crippen LogP contribution in [0.1, 0.15) is 29.3 Å². The van der Waals surface area contributed by atoms with Crippen molar-refractivity contribution in [3.8, 4) is 0 Å². The Morgan fingerprint density at radius 1 is 1.04 bits per heavy atom. The Labute approximate surface area is 143 Å². The predicted octanol–water partition coefficient (Wildman–Crippen LogP) is 4.20. The largest absolute Gasteiger partial charge is 0.378 e. The summed E-state index contributed by atoms with van der Waals surface area (Å²) >= 11 is 0. The predicted molar refractivity (Wildman–Crippen MR) is 98.5 cm³/mol. The summed E-state index contributed by atoms with van der Waals surface area (Å²) < 4.78 is 5.38. The van der Waals surface area contributed by atoms with E-state index in [0.29, 0.717) is 0 Å². The van der Waals surface area contributed by atoms with Crippen molar-refractivity contribution in [1.29, 1.82) is 0 Å². The van der Waals surface area contributed by atoms with Crippen molar-refractivity contribution in [3.05, 3.63) is 71.3 Å². The molecule has 0 radical (unpaired) electrons. The molecule has 0 aliphatic carbocycles. The smallest absolute Gasteiger partial charge is 0.189 e. The van der Waals surface area contributed by atoms with Crippen LogP contribution in [0, 0.1) is 0 Å². The molecule has 1 aliphatic heterocycles. The average molecular weight is 321 g/mol. The van der Waals surface area contributed by atoms with Crippen LogP contribution in [0.3, 0.4) is 0 Å². The minimum atomic E-state index is 0.106. The van der Waals surface area contributed by atoms with E-state index >= 15 is 0 Å². The van der Waals surface area contributed by atoms with Crippen molar-refractivity contribution in [2.75, 3.05) is 31.2 Å². The summed E-state index contributed by atoms with van der Waals surface area (Å²) in [6.45, 7) is 5.36. The zero-order chi connectivity index (χ0) is 16.8. The van der Waals surface area contributed by atoms with Gasteiger partial charge in [0.05, 0.1) is 13.2 Å². The van der Waals surface area contributed by atoms with Crippen LogP contribution in [-0.2, 0) is 4.74 Å². The minimum Gasteiger partial charge on any atom is -0.378 e. The topological polar surface area (TPSA) is 29.5 Å². The van der Waals surface area contributed by atoms with Gasteiger partial charge in [-0.2, -0.15) is 0 Å². The number of rotatable bonds is 5. The Hall–Kier alpha value is -2.39. The van der Waals surface area contributed by atoms with E-state index in [1.54, 1.807) is 0 Å². The number of carbonyl (C=O) groups is 1. The molecule has 0 N–H and O–H groups in total. The Kier molecular flexibility index (Phi) is 5.44. The van der Waals surface area contributed by atoms with E-state index in [2.05, 4.69) is 4.90 Å². The number of nitrogens with zero attached hydrogens (tertiary/aromatic N) is 1. The molecular formula is C21H23NO2. The average Bonchev–Trinajstić information content (AvgIpc) is 2.67. The van der Waals surface area contributed by atoms with Gasteiger partial charge in [-0.15, -0.1) is 0 Å². The van der Waals surface area contributed by atoms with Crippen LogP contribution in [0.4, 0.5) is 5.69 Å². The van der Waals surface area contributed by atoms with E-state index in [0.717, 1.165) is 55.1 Å². The van der Waals surface area contributed by atoms with E-state index in [9.17, 15) is 4.79 Å². The highest BCUT2D eigenvalue weighted by molar-refractivity contribution is 6.11. The highest BCUT2D eigenvalue weighted by atomic mass is 16.5. The molecular weight excluding hydrogens is 298 g/mol. The Bertz CT molecular complexity index is 698. The monoisotopic (exact) mass is 321 g/mol. The summed E-state index contributed by atoms with van der Waals surface area (Å²) in [7, 11) is 0. The van der Waals surface area contributed by atoms with Crippen LogP contribution >= 0.6 is 0 Å². The number of hydrogen-bond donors (Lipinski definition) is 0. The molecule has 0 unspecified atom stereocenters. The number of morpholine rings is 1. The first kappa shape index (κ1) is 16.5. The minimum absolute atomic E-state index is 0.106. The molecule has 0 bridgehead atoms. The van der Waals surface area contributed by atoms with Gasteiger partial charge in [0.1, 0.15) is 0 Å². The number of allylic oxidation sites excluding steroid dienone is 1. The van der Waals surface area contributed by atoms with E-state index in [1.165, 1.54) is 0 Å². The fraction of sp³-hybridized carbons (Fsp3) is 0.286. The normalized spacial score (nSPS) is 15.4. The molecule has 1 saturated heterocycles. The molecule has 0 aromatic heterocycles. The van der Waals surface area contributed by atoms with Crippen molar-refractivity contribution in [1.82, 2.24) is 0 Å². The lowest BCUT2D eigenvalue weighted by Crippen LogP contribution is -2.36. The van der Waals surface area contributed by atoms with Crippen molar-refractivity contribution in [2.24, 2.45) is 0 Å². The van der Waals surface area contributed by atoms with Crippen molar-refractivity contribution in [2.45, 2.75) is 13.3 Å². The van der Waals surface area contributed by atoms with Gasteiger partial charge in [-0.3, -0.25) is 4.79 Å².